The molecular formula is C11H19N3O4S. The summed E-state index contributed by atoms with van der Waals surface area (Å²) >= 11 is 0. The molecule has 1 fully saturated rings. The van der Waals surface area contributed by atoms with Crippen LogP contribution >= 0.6 is 0 Å². The summed E-state index contributed by atoms with van der Waals surface area (Å²) in [5, 5.41) is 13.1. The standard InChI is InChI=1S/C11H19N3O4S/c1-8-11(9(2)14(12-8)4-5-15)19(16,17)13-10-3-6-18-7-10/h10,13,15H,3-7H2,1-2H3. The molecule has 1 atom stereocenters. The molecule has 2 N–H and O–H groups in total. The third-order valence-corrected chi connectivity index (χ3v) is 4.92. The fraction of sp³-hybridized carbons (Fsp3) is 0.727. The highest BCUT2D eigenvalue weighted by atomic mass is 32.2. The van der Waals surface area contributed by atoms with Crippen molar-refractivity contribution in [1.29, 1.82) is 0 Å². The summed E-state index contributed by atoms with van der Waals surface area (Å²) in [5.74, 6) is 0. The van der Waals surface area contributed by atoms with E-state index >= 15 is 0 Å². The van der Waals surface area contributed by atoms with E-state index < -0.39 is 10.0 Å². The lowest BCUT2D eigenvalue weighted by Gasteiger charge is -2.11. The normalized spacial score (nSPS) is 20.1. The summed E-state index contributed by atoms with van der Waals surface area (Å²) in [6.45, 7) is 4.53. The van der Waals surface area contributed by atoms with Crippen molar-refractivity contribution >= 4 is 10.0 Å². The lowest BCUT2D eigenvalue weighted by atomic mass is 10.3. The molecule has 2 heterocycles. The molecule has 0 saturated carbocycles. The highest BCUT2D eigenvalue weighted by molar-refractivity contribution is 7.89. The van der Waals surface area contributed by atoms with Crippen molar-refractivity contribution in [3.63, 3.8) is 0 Å². The fourth-order valence-corrected chi connectivity index (χ4v) is 3.95. The van der Waals surface area contributed by atoms with Crippen LogP contribution in [0.2, 0.25) is 0 Å². The Bertz CT molecular complexity index is 547. The van der Waals surface area contributed by atoms with Crippen LogP contribution in [0.15, 0.2) is 4.90 Å². The van der Waals surface area contributed by atoms with Gasteiger partial charge in [0.15, 0.2) is 0 Å². The topological polar surface area (TPSA) is 93.5 Å². The van der Waals surface area contributed by atoms with Crippen LogP contribution in [0.25, 0.3) is 0 Å². The Morgan fingerprint density at radius 3 is 2.84 bits per heavy atom. The first-order valence-corrected chi connectivity index (χ1v) is 7.69. The van der Waals surface area contributed by atoms with Gasteiger partial charge in [-0.3, -0.25) is 4.68 Å². The molecule has 1 aliphatic heterocycles. The van der Waals surface area contributed by atoms with Crippen LogP contribution in [-0.4, -0.2) is 49.2 Å². The van der Waals surface area contributed by atoms with E-state index in [1.165, 1.54) is 4.68 Å². The van der Waals surface area contributed by atoms with E-state index in [-0.39, 0.29) is 24.1 Å². The number of rotatable bonds is 5. The molecule has 1 unspecified atom stereocenters. The number of sulfonamides is 1. The van der Waals surface area contributed by atoms with Crippen molar-refractivity contribution in [2.75, 3.05) is 19.8 Å². The van der Waals surface area contributed by atoms with Crippen molar-refractivity contribution in [1.82, 2.24) is 14.5 Å². The highest BCUT2D eigenvalue weighted by Crippen LogP contribution is 2.20. The zero-order valence-electron chi connectivity index (χ0n) is 11.1. The lowest BCUT2D eigenvalue weighted by Crippen LogP contribution is -2.35. The molecule has 0 aliphatic carbocycles. The monoisotopic (exact) mass is 289 g/mol. The Kier molecular flexibility index (Phi) is 4.24. The molecule has 0 aromatic carbocycles. The van der Waals surface area contributed by atoms with Crippen LogP contribution in [-0.2, 0) is 21.3 Å². The molecule has 1 aromatic rings. The molecule has 0 spiro atoms. The van der Waals surface area contributed by atoms with Crippen LogP contribution < -0.4 is 4.72 Å². The van der Waals surface area contributed by atoms with Gasteiger partial charge in [-0.15, -0.1) is 0 Å². The summed E-state index contributed by atoms with van der Waals surface area (Å²) < 4.78 is 34.0. The van der Waals surface area contributed by atoms with E-state index in [2.05, 4.69) is 9.82 Å². The fourth-order valence-electron chi connectivity index (χ4n) is 2.29. The number of aliphatic hydroxyl groups is 1. The minimum Gasteiger partial charge on any atom is -0.394 e. The van der Waals surface area contributed by atoms with Crippen molar-refractivity contribution < 1.29 is 18.3 Å². The van der Waals surface area contributed by atoms with Gasteiger partial charge in [0.1, 0.15) is 4.90 Å². The van der Waals surface area contributed by atoms with E-state index in [9.17, 15) is 8.42 Å². The Morgan fingerprint density at radius 2 is 2.26 bits per heavy atom. The zero-order chi connectivity index (χ0) is 14.0. The van der Waals surface area contributed by atoms with Gasteiger partial charge in [-0.05, 0) is 20.3 Å². The molecule has 1 saturated heterocycles. The van der Waals surface area contributed by atoms with Gasteiger partial charge in [-0.25, -0.2) is 13.1 Å². The maximum Gasteiger partial charge on any atom is 0.244 e. The number of nitrogens with zero attached hydrogens (tertiary/aromatic N) is 2. The molecule has 1 aliphatic rings. The Morgan fingerprint density at radius 1 is 1.53 bits per heavy atom. The molecule has 0 radical (unpaired) electrons. The molecule has 7 nitrogen and oxygen atoms in total. The molecule has 8 heteroatoms. The van der Waals surface area contributed by atoms with Crippen LogP contribution in [0, 0.1) is 13.8 Å². The van der Waals surface area contributed by atoms with E-state index in [0.717, 1.165) is 0 Å². The summed E-state index contributed by atoms with van der Waals surface area (Å²) in [6.07, 6.45) is 0.683. The smallest absolute Gasteiger partial charge is 0.244 e. The third-order valence-electron chi connectivity index (χ3n) is 3.15. The van der Waals surface area contributed by atoms with Gasteiger partial charge < -0.3 is 9.84 Å². The van der Waals surface area contributed by atoms with Gasteiger partial charge in [0.2, 0.25) is 10.0 Å². The predicted octanol–water partition coefficient (Wildman–Crippen LogP) is -0.441. The molecule has 19 heavy (non-hydrogen) atoms. The van der Waals surface area contributed by atoms with Gasteiger partial charge >= 0.3 is 0 Å². The largest absolute Gasteiger partial charge is 0.394 e. The number of aliphatic hydroxyl groups excluding tert-OH is 1. The maximum absolute atomic E-state index is 12.4. The summed E-state index contributed by atoms with van der Waals surface area (Å²) in [4.78, 5) is 0.202. The molecule has 2 rings (SSSR count). The second kappa shape index (κ2) is 5.58. The zero-order valence-corrected chi connectivity index (χ0v) is 11.9. The van der Waals surface area contributed by atoms with Gasteiger partial charge in [0.25, 0.3) is 0 Å². The van der Waals surface area contributed by atoms with Crippen molar-refractivity contribution in [3.05, 3.63) is 11.4 Å². The average Bonchev–Trinajstić information content (AvgIpc) is 2.88. The summed E-state index contributed by atoms with van der Waals surface area (Å²) in [6, 6.07) is -0.176. The van der Waals surface area contributed by atoms with Crippen LogP contribution in [0.4, 0.5) is 0 Å². The number of hydrogen-bond donors (Lipinski definition) is 2. The average molecular weight is 289 g/mol. The van der Waals surface area contributed by atoms with E-state index in [1.54, 1.807) is 13.8 Å². The van der Waals surface area contributed by atoms with E-state index in [0.29, 0.717) is 31.0 Å². The van der Waals surface area contributed by atoms with Gasteiger partial charge in [-0.2, -0.15) is 5.10 Å². The molecular weight excluding hydrogens is 270 g/mol. The summed E-state index contributed by atoms with van der Waals surface area (Å²) in [7, 11) is -3.60. The molecule has 0 bridgehead atoms. The van der Waals surface area contributed by atoms with E-state index in [1.807, 2.05) is 0 Å². The number of ether oxygens (including phenoxy) is 1. The first kappa shape index (κ1) is 14.4. The van der Waals surface area contributed by atoms with Crippen molar-refractivity contribution in [2.24, 2.45) is 0 Å². The van der Waals surface area contributed by atoms with Gasteiger partial charge in [0.05, 0.1) is 31.1 Å². The Hall–Kier alpha value is -0.960. The quantitative estimate of drug-likeness (QED) is 0.766. The highest BCUT2D eigenvalue weighted by Gasteiger charge is 2.28. The van der Waals surface area contributed by atoms with Crippen LogP contribution in [0.3, 0.4) is 0 Å². The number of hydrogen-bond acceptors (Lipinski definition) is 5. The van der Waals surface area contributed by atoms with Gasteiger partial charge in [0, 0.05) is 12.6 Å². The Balaban J connectivity index is 2.29. The predicted molar refractivity (Wildman–Crippen MR) is 68.3 cm³/mol. The van der Waals surface area contributed by atoms with E-state index in [4.69, 9.17) is 9.84 Å². The number of aromatic nitrogens is 2. The first-order valence-electron chi connectivity index (χ1n) is 6.20. The van der Waals surface area contributed by atoms with Crippen molar-refractivity contribution in [2.45, 2.75) is 37.8 Å². The summed E-state index contributed by atoms with van der Waals surface area (Å²) in [5.41, 5.74) is 0.982. The van der Waals surface area contributed by atoms with Crippen LogP contribution in [0.5, 0.6) is 0 Å². The number of nitrogens with one attached hydrogen (secondary N) is 1. The molecule has 108 valence electrons. The SMILES string of the molecule is Cc1nn(CCO)c(C)c1S(=O)(=O)NC1CCOC1. The second-order valence-corrected chi connectivity index (χ2v) is 6.28. The minimum absolute atomic E-state index is 0.0780. The van der Waals surface area contributed by atoms with Gasteiger partial charge in [-0.1, -0.05) is 0 Å². The molecule has 1 aromatic heterocycles. The second-order valence-electron chi connectivity index (χ2n) is 4.63. The first-order chi connectivity index (χ1) is 8.95. The Labute approximate surface area is 112 Å². The molecule has 0 amide bonds. The number of aryl methyl sites for hydroxylation is 1. The minimum atomic E-state index is -3.60. The van der Waals surface area contributed by atoms with Crippen molar-refractivity contribution in [3.8, 4) is 0 Å². The van der Waals surface area contributed by atoms with Crippen LogP contribution in [0.1, 0.15) is 17.8 Å². The lowest BCUT2D eigenvalue weighted by molar-refractivity contribution is 0.192. The third kappa shape index (κ3) is 2.97. The maximum atomic E-state index is 12.4.